The van der Waals surface area contributed by atoms with Crippen molar-refractivity contribution in [1.29, 1.82) is 0 Å². The number of nitrogens with zero attached hydrogens (tertiary/aromatic N) is 2. The maximum absolute atomic E-state index is 13.9. The van der Waals surface area contributed by atoms with Crippen LogP contribution in [0.15, 0.2) is 18.2 Å². The van der Waals surface area contributed by atoms with E-state index in [0.29, 0.717) is 32.1 Å². The molecule has 3 fully saturated rings. The van der Waals surface area contributed by atoms with E-state index in [4.69, 9.17) is 0 Å². The van der Waals surface area contributed by atoms with Crippen LogP contribution in [0.4, 0.5) is 17.6 Å². The molecule has 0 N–H and O–H groups in total. The van der Waals surface area contributed by atoms with E-state index in [9.17, 15) is 22.4 Å². The molecule has 1 aromatic rings. The minimum absolute atomic E-state index is 0.00881. The Morgan fingerprint density at radius 1 is 1.15 bits per heavy atom. The Labute approximate surface area is 156 Å². The minimum atomic E-state index is -4.70. The number of rotatable bonds is 3. The maximum atomic E-state index is 13.9. The Morgan fingerprint density at radius 3 is 2.63 bits per heavy atom. The van der Waals surface area contributed by atoms with Crippen LogP contribution in [-0.2, 0) is 17.5 Å². The Hall–Kier alpha value is -1.63. The van der Waals surface area contributed by atoms with Gasteiger partial charge in [-0.1, -0.05) is 12.1 Å². The van der Waals surface area contributed by atoms with E-state index in [-0.39, 0.29) is 23.4 Å². The molecule has 1 saturated carbocycles. The molecule has 1 unspecified atom stereocenters. The summed E-state index contributed by atoms with van der Waals surface area (Å²) in [5.74, 6) is -1.00. The van der Waals surface area contributed by atoms with Crippen molar-refractivity contribution in [1.82, 2.24) is 9.80 Å². The molecule has 1 spiro atoms. The highest BCUT2D eigenvalue weighted by molar-refractivity contribution is 5.78. The lowest BCUT2D eigenvalue weighted by Crippen LogP contribution is -2.54. The van der Waals surface area contributed by atoms with E-state index < -0.39 is 17.6 Å². The van der Waals surface area contributed by atoms with Gasteiger partial charge in [0.25, 0.3) is 0 Å². The second-order valence-electron chi connectivity index (χ2n) is 8.34. The zero-order valence-electron chi connectivity index (χ0n) is 15.2. The molecule has 0 radical (unpaired) electrons. The third-order valence-corrected chi connectivity index (χ3v) is 6.20. The molecule has 1 aliphatic carbocycles. The summed E-state index contributed by atoms with van der Waals surface area (Å²) in [5.41, 5.74) is -1.20. The van der Waals surface area contributed by atoms with Gasteiger partial charge in [-0.3, -0.25) is 9.69 Å². The van der Waals surface area contributed by atoms with Crippen molar-refractivity contribution in [2.45, 2.75) is 57.3 Å². The second-order valence-corrected chi connectivity index (χ2v) is 8.34. The standard InChI is InChI=1S/C20H24F4N2O/c21-16-4-1-3-14(18(16)20(22,23)24)11-25-10-2-8-19(12-25)9-7-17(27)26(13-19)15-5-6-15/h1,3-4,15H,2,5-13H2. The fourth-order valence-corrected chi connectivity index (χ4v) is 4.80. The van der Waals surface area contributed by atoms with Crippen molar-refractivity contribution in [3.05, 3.63) is 35.1 Å². The second kappa shape index (κ2) is 6.76. The highest BCUT2D eigenvalue weighted by Gasteiger charge is 2.46. The molecule has 0 bridgehead atoms. The van der Waals surface area contributed by atoms with Gasteiger partial charge in [0, 0.05) is 37.5 Å². The molecule has 148 valence electrons. The predicted molar refractivity (Wildman–Crippen MR) is 92.3 cm³/mol. The summed E-state index contributed by atoms with van der Waals surface area (Å²) < 4.78 is 53.8. The lowest BCUT2D eigenvalue weighted by molar-refractivity contribution is -0.142. The Balaban J connectivity index is 1.51. The number of alkyl halides is 3. The third kappa shape index (κ3) is 3.84. The van der Waals surface area contributed by atoms with Gasteiger partial charge < -0.3 is 4.90 Å². The molecule has 2 aliphatic heterocycles. The summed E-state index contributed by atoms with van der Waals surface area (Å²) in [5, 5.41) is 0. The average Bonchev–Trinajstić information content (AvgIpc) is 3.41. The van der Waals surface area contributed by atoms with Crippen molar-refractivity contribution in [3.8, 4) is 0 Å². The fraction of sp³-hybridized carbons (Fsp3) is 0.650. The summed E-state index contributed by atoms with van der Waals surface area (Å²) in [6.07, 6.45) is 0.624. The zero-order valence-corrected chi connectivity index (χ0v) is 15.2. The number of likely N-dealkylation sites (tertiary alicyclic amines) is 2. The van der Waals surface area contributed by atoms with Crippen molar-refractivity contribution < 1.29 is 22.4 Å². The number of carbonyl (C=O) groups is 1. The first-order valence-electron chi connectivity index (χ1n) is 9.64. The van der Waals surface area contributed by atoms with E-state index in [1.165, 1.54) is 12.1 Å². The topological polar surface area (TPSA) is 23.6 Å². The van der Waals surface area contributed by atoms with Gasteiger partial charge in [-0.15, -0.1) is 0 Å². The van der Waals surface area contributed by atoms with Crippen LogP contribution in [0.3, 0.4) is 0 Å². The molecule has 3 nitrogen and oxygen atoms in total. The van der Waals surface area contributed by atoms with Crippen LogP contribution in [0, 0.1) is 11.2 Å². The average molecular weight is 384 g/mol. The van der Waals surface area contributed by atoms with E-state index in [2.05, 4.69) is 0 Å². The summed E-state index contributed by atoms with van der Waals surface area (Å²) in [6, 6.07) is 3.94. The third-order valence-electron chi connectivity index (χ3n) is 6.20. The van der Waals surface area contributed by atoms with Crippen LogP contribution in [0.5, 0.6) is 0 Å². The number of hydrogen-bond acceptors (Lipinski definition) is 2. The van der Waals surface area contributed by atoms with Gasteiger partial charge in [-0.25, -0.2) is 4.39 Å². The normalized spacial score (nSPS) is 27.4. The summed E-state index contributed by atoms with van der Waals surface area (Å²) in [4.78, 5) is 16.2. The van der Waals surface area contributed by atoms with Crippen LogP contribution in [0.25, 0.3) is 0 Å². The number of piperidine rings is 2. The Morgan fingerprint density at radius 2 is 1.93 bits per heavy atom. The molecular weight excluding hydrogens is 360 g/mol. The van der Waals surface area contributed by atoms with Gasteiger partial charge >= 0.3 is 6.18 Å². The van der Waals surface area contributed by atoms with Gasteiger partial charge in [-0.2, -0.15) is 13.2 Å². The van der Waals surface area contributed by atoms with Gasteiger partial charge in [-0.05, 0) is 50.3 Å². The summed E-state index contributed by atoms with van der Waals surface area (Å²) in [7, 11) is 0. The molecule has 2 heterocycles. The number of carbonyl (C=O) groups excluding carboxylic acids is 1. The molecule has 3 aliphatic rings. The fourth-order valence-electron chi connectivity index (χ4n) is 4.80. The number of benzene rings is 1. The molecule has 27 heavy (non-hydrogen) atoms. The van der Waals surface area contributed by atoms with Crippen LogP contribution < -0.4 is 0 Å². The molecule has 0 aromatic heterocycles. The number of halogens is 4. The molecule has 1 aromatic carbocycles. The van der Waals surface area contributed by atoms with E-state index >= 15 is 0 Å². The van der Waals surface area contributed by atoms with Gasteiger partial charge in [0.2, 0.25) is 5.91 Å². The summed E-state index contributed by atoms with van der Waals surface area (Å²) in [6.45, 7) is 2.16. The van der Waals surface area contributed by atoms with E-state index in [1.54, 1.807) is 0 Å². The van der Waals surface area contributed by atoms with Gasteiger partial charge in [0.15, 0.2) is 0 Å². The van der Waals surface area contributed by atoms with Crippen molar-refractivity contribution in [2.75, 3.05) is 19.6 Å². The van der Waals surface area contributed by atoms with Crippen LogP contribution in [0.1, 0.15) is 49.7 Å². The zero-order chi connectivity index (χ0) is 19.2. The highest BCUT2D eigenvalue weighted by Crippen LogP contribution is 2.43. The first-order valence-corrected chi connectivity index (χ1v) is 9.64. The molecule has 4 rings (SSSR count). The van der Waals surface area contributed by atoms with Gasteiger partial charge in [0.1, 0.15) is 5.82 Å². The monoisotopic (exact) mass is 384 g/mol. The first-order chi connectivity index (χ1) is 12.8. The van der Waals surface area contributed by atoms with Gasteiger partial charge in [0.05, 0.1) is 5.56 Å². The number of amides is 1. The molecule has 1 atom stereocenters. The van der Waals surface area contributed by atoms with Crippen LogP contribution in [-0.4, -0.2) is 41.4 Å². The quantitative estimate of drug-likeness (QED) is 0.729. The maximum Gasteiger partial charge on any atom is 0.419 e. The lowest BCUT2D eigenvalue weighted by Gasteiger charge is -2.48. The van der Waals surface area contributed by atoms with E-state index in [0.717, 1.165) is 38.2 Å². The summed E-state index contributed by atoms with van der Waals surface area (Å²) >= 11 is 0. The predicted octanol–water partition coefficient (Wildman–Crippen LogP) is 4.21. The van der Waals surface area contributed by atoms with Crippen LogP contribution in [0.2, 0.25) is 0 Å². The number of hydrogen-bond donors (Lipinski definition) is 0. The SMILES string of the molecule is O=C1CCC2(CCCN(Cc3cccc(F)c3C(F)(F)F)C2)CN1C1CC1. The minimum Gasteiger partial charge on any atom is -0.339 e. The Bertz CT molecular complexity index is 731. The van der Waals surface area contributed by atoms with E-state index in [1.807, 2.05) is 9.80 Å². The lowest BCUT2D eigenvalue weighted by atomic mass is 9.73. The first kappa shape index (κ1) is 18.7. The highest BCUT2D eigenvalue weighted by atomic mass is 19.4. The Kier molecular flexibility index (Phi) is 4.69. The molecular formula is C20H24F4N2O. The largest absolute Gasteiger partial charge is 0.419 e. The molecule has 7 heteroatoms. The molecule has 2 saturated heterocycles. The van der Waals surface area contributed by atoms with Crippen molar-refractivity contribution in [3.63, 3.8) is 0 Å². The van der Waals surface area contributed by atoms with Crippen LogP contribution >= 0.6 is 0 Å². The van der Waals surface area contributed by atoms with Crippen molar-refractivity contribution in [2.24, 2.45) is 5.41 Å². The molecule has 1 amide bonds. The van der Waals surface area contributed by atoms with Crippen molar-refractivity contribution >= 4 is 5.91 Å². The smallest absolute Gasteiger partial charge is 0.339 e.